The summed E-state index contributed by atoms with van der Waals surface area (Å²) in [5, 5.41) is 8.30. The molecule has 3 rings (SSSR count). The maximum Gasteiger partial charge on any atom is 0.296 e. The largest absolute Gasteiger partial charge is 0.381 e. The summed E-state index contributed by atoms with van der Waals surface area (Å²) in [6, 6.07) is 0. The van der Waals surface area contributed by atoms with Gasteiger partial charge in [0.15, 0.2) is 0 Å². The first-order valence-electron chi connectivity index (χ1n) is 8.60. The van der Waals surface area contributed by atoms with Crippen LogP contribution < -0.4 is 5.56 Å². The van der Waals surface area contributed by atoms with Crippen LogP contribution in [0.15, 0.2) is 11.0 Å². The van der Waals surface area contributed by atoms with Crippen LogP contribution in [0.25, 0.3) is 5.65 Å². The average molecular weight is 318 g/mol. The van der Waals surface area contributed by atoms with Crippen LogP contribution in [-0.4, -0.2) is 32.4 Å². The Hall–Kier alpha value is -1.69. The SMILES string of the molecule is CCCc1nnc2c(=O)n(CC3CCC(OC)CC3)c(C)cn12. The number of hydrogen-bond donors (Lipinski definition) is 0. The van der Waals surface area contributed by atoms with Crippen molar-refractivity contribution in [2.24, 2.45) is 5.92 Å². The zero-order valence-electron chi connectivity index (χ0n) is 14.3. The van der Waals surface area contributed by atoms with Crippen molar-refractivity contribution in [3.8, 4) is 0 Å². The Kier molecular flexibility index (Phi) is 4.80. The average Bonchev–Trinajstić information content (AvgIpc) is 2.95. The number of aryl methyl sites for hydroxylation is 2. The predicted octanol–water partition coefficient (Wildman–Crippen LogP) is 2.36. The molecular formula is C17H26N4O2. The summed E-state index contributed by atoms with van der Waals surface area (Å²) in [4.78, 5) is 12.8. The summed E-state index contributed by atoms with van der Waals surface area (Å²) in [6.07, 6.45) is 8.62. The lowest BCUT2D eigenvalue weighted by molar-refractivity contribution is 0.0540. The molecule has 2 aromatic rings. The van der Waals surface area contributed by atoms with E-state index in [2.05, 4.69) is 17.1 Å². The molecule has 1 fully saturated rings. The Morgan fingerprint density at radius 1 is 1.26 bits per heavy atom. The molecule has 0 spiro atoms. The maximum atomic E-state index is 12.8. The molecule has 0 aromatic carbocycles. The number of fused-ring (bicyclic) bond motifs is 1. The molecule has 1 aliphatic carbocycles. The Morgan fingerprint density at radius 3 is 2.65 bits per heavy atom. The van der Waals surface area contributed by atoms with E-state index >= 15 is 0 Å². The standard InChI is InChI=1S/C17H26N4O2/c1-4-5-15-18-19-16-17(22)20(12(2)10-21(15)16)11-13-6-8-14(23-3)9-7-13/h10,13-14H,4-9,11H2,1-3H3. The van der Waals surface area contributed by atoms with Gasteiger partial charge in [-0.25, -0.2) is 0 Å². The van der Waals surface area contributed by atoms with Crippen molar-refractivity contribution in [2.75, 3.05) is 7.11 Å². The van der Waals surface area contributed by atoms with E-state index < -0.39 is 0 Å². The topological polar surface area (TPSA) is 61.4 Å². The third kappa shape index (κ3) is 3.17. The van der Waals surface area contributed by atoms with Crippen molar-refractivity contribution in [1.29, 1.82) is 0 Å². The van der Waals surface area contributed by atoms with Gasteiger partial charge >= 0.3 is 0 Å². The quantitative estimate of drug-likeness (QED) is 0.849. The van der Waals surface area contributed by atoms with Crippen LogP contribution >= 0.6 is 0 Å². The second-order valence-electron chi connectivity index (χ2n) is 6.62. The van der Waals surface area contributed by atoms with Gasteiger partial charge in [0.1, 0.15) is 5.82 Å². The highest BCUT2D eigenvalue weighted by molar-refractivity contribution is 5.36. The molecule has 1 aliphatic rings. The fourth-order valence-corrected chi connectivity index (χ4v) is 3.57. The van der Waals surface area contributed by atoms with E-state index in [1.54, 1.807) is 7.11 Å². The molecule has 0 unspecified atom stereocenters. The molecule has 0 aliphatic heterocycles. The summed E-state index contributed by atoms with van der Waals surface area (Å²) in [7, 11) is 1.78. The smallest absolute Gasteiger partial charge is 0.296 e. The molecule has 0 atom stereocenters. The van der Waals surface area contributed by atoms with Crippen LogP contribution in [-0.2, 0) is 17.7 Å². The fourth-order valence-electron chi connectivity index (χ4n) is 3.57. The van der Waals surface area contributed by atoms with Crippen molar-refractivity contribution in [2.45, 2.75) is 65.0 Å². The van der Waals surface area contributed by atoms with Gasteiger partial charge in [-0.1, -0.05) is 6.92 Å². The summed E-state index contributed by atoms with van der Waals surface area (Å²) in [6.45, 7) is 4.87. The zero-order valence-corrected chi connectivity index (χ0v) is 14.3. The second kappa shape index (κ2) is 6.83. The molecule has 0 radical (unpaired) electrons. The van der Waals surface area contributed by atoms with Crippen LogP contribution in [0, 0.1) is 12.8 Å². The highest BCUT2D eigenvalue weighted by atomic mass is 16.5. The van der Waals surface area contributed by atoms with Crippen LogP contribution in [0.4, 0.5) is 0 Å². The first kappa shape index (κ1) is 16.2. The van der Waals surface area contributed by atoms with E-state index in [-0.39, 0.29) is 5.56 Å². The summed E-state index contributed by atoms with van der Waals surface area (Å²) in [5.74, 6) is 1.41. The molecule has 2 aromatic heterocycles. The number of methoxy groups -OCH3 is 1. The third-order valence-corrected chi connectivity index (χ3v) is 4.99. The molecule has 0 saturated heterocycles. The molecule has 1 saturated carbocycles. The first-order chi connectivity index (χ1) is 11.1. The maximum absolute atomic E-state index is 12.8. The molecule has 6 nitrogen and oxygen atoms in total. The normalized spacial score (nSPS) is 21.9. The minimum Gasteiger partial charge on any atom is -0.381 e. The van der Waals surface area contributed by atoms with E-state index in [9.17, 15) is 4.79 Å². The van der Waals surface area contributed by atoms with Crippen LogP contribution in [0.3, 0.4) is 0 Å². The number of aromatic nitrogens is 4. The van der Waals surface area contributed by atoms with Crippen LogP contribution in [0.1, 0.15) is 50.5 Å². The molecule has 0 bridgehead atoms. The molecule has 2 heterocycles. The molecule has 0 amide bonds. The molecule has 23 heavy (non-hydrogen) atoms. The molecule has 126 valence electrons. The lowest BCUT2D eigenvalue weighted by Crippen LogP contribution is -2.30. The van der Waals surface area contributed by atoms with Crippen molar-refractivity contribution < 1.29 is 4.74 Å². The van der Waals surface area contributed by atoms with Gasteiger partial charge in [0, 0.05) is 32.0 Å². The lowest BCUT2D eigenvalue weighted by atomic mass is 9.87. The Balaban J connectivity index is 1.85. The van der Waals surface area contributed by atoms with Gasteiger partial charge in [0.2, 0.25) is 5.65 Å². The highest BCUT2D eigenvalue weighted by Crippen LogP contribution is 2.27. The monoisotopic (exact) mass is 318 g/mol. The predicted molar refractivity (Wildman–Crippen MR) is 88.7 cm³/mol. The van der Waals surface area contributed by atoms with Gasteiger partial charge < -0.3 is 9.30 Å². The van der Waals surface area contributed by atoms with Crippen molar-refractivity contribution in [3.63, 3.8) is 0 Å². The Labute approximate surface area is 136 Å². The highest BCUT2D eigenvalue weighted by Gasteiger charge is 2.22. The van der Waals surface area contributed by atoms with Gasteiger partial charge in [-0.3, -0.25) is 9.20 Å². The van der Waals surface area contributed by atoms with Gasteiger partial charge in [-0.15, -0.1) is 10.2 Å². The molecular weight excluding hydrogens is 292 g/mol. The van der Waals surface area contributed by atoms with Crippen molar-refractivity contribution in [3.05, 3.63) is 28.1 Å². The molecule has 6 heteroatoms. The van der Waals surface area contributed by atoms with E-state index in [4.69, 9.17) is 4.74 Å². The summed E-state index contributed by atoms with van der Waals surface area (Å²) in [5.41, 5.74) is 1.41. The molecule has 0 N–H and O–H groups in total. The van der Waals surface area contributed by atoms with Crippen molar-refractivity contribution in [1.82, 2.24) is 19.2 Å². The van der Waals surface area contributed by atoms with E-state index in [0.717, 1.165) is 56.6 Å². The fraction of sp³-hybridized carbons (Fsp3) is 0.706. The number of nitrogens with zero attached hydrogens (tertiary/aromatic N) is 4. The van der Waals surface area contributed by atoms with Crippen molar-refractivity contribution >= 4 is 5.65 Å². The number of ether oxygens (including phenoxy) is 1. The lowest BCUT2D eigenvalue weighted by Gasteiger charge is -2.28. The van der Waals surface area contributed by atoms with E-state index in [1.165, 1.54) is 0 Å². The zero-order chi connectivity index (χ0) is 16.4. The van der Waals surface area contributed by atoms with Gasteiger partial charge in [0.25, 0.3) is 5.56 Å². The summed E-state index contributed by atoms with van der Waals surface area (Å²) >= 11 is 0. The number of hydrogen-bond acceptors (Lipinski definition) is 4. The van der Waals surface area contributed by atoms with Gasteiger partial charge in [-0.05, 0) is 44.9 Å². The minimum atomic E-state index is -0.0197. The Bertz CT molecular complexity index is 726. The Morgan fingerprint density at radius 2 is 2.00 bits per heavy atom. The van der Waals surface area contributed by atoms with Gasteiger partial charge in [0.05, 0.1) is 6.10 Å². The summed E-state index contributed by atoms with van der Waals surface area (Å²) < 4.78 is 9.16. The number of rotatable bonds is 5. The van der Waals surface area contributed by atoms with E-state index in [0.29, 0.717) is 17.7 Å². The second-order valence-corrected chi connectivity index (χ2v) is 6.62. The third-order valence-electron chi connectivity index (χ3n) is 4.99. The van der Waals surface area contributed by atoms with Crippen LogP contribution in [0.5, 0.6) is 0 Å². The van der Waals surface area contributed by atoms with E-state index in [1.807, 2.05) is 22.1 Å². The first-order valence-corrected chi connectivity index (χ1v) is 8.60. The minimum absolute atomic E-state index is 0.0197. The van der Waals surface area contributed by atoms with Crippen LogP contribution in [0.2, 0.25) is 0 Å². The van der Waals surface area contributed by atoms with Gasteiger partial charge in [-0.2, -0.15) is 0 Å².